The first-order chi connectivity index (χ1) is 13.3. The van der Waals surface area contributed by atoms with Crippen molar-refractivity contribution in [3.05, 3.63) is 47.0 Å². The Bertz CT molecular complexity index is 931. The van der Waals surface area contributed by atoms with E-state index in [1.807, 2.05) is 0 Å². The summed E-state index contributed by atoms with van der Waals surface area (Å²) in [5.74, 6) is 2.03. The zero-order chi connectivity index (χ0) is 18.2. The van der Waals surface area contributed by atoms with Crippen molar-refractivity contribution in [3.8, 4) is 0 Å². The molecule has 1 N–H and O–H groups in total. The standard InChI is InChI=1S/C22H29N5/c1-2-27-21-10-6-5-9-19(21)23-22(27)15-26-12-11-18-17(14-26)20(25-24-18)13-16-7-3-4-8-16/h5-6,9-10,16H,2-4,7-8,11-15H2,1H3,(H,24,25). The van der Waals surface area contributed by atoms with Crippen molar-refractivity contribution >= 4 is 11.0 Å². The van der Waals surface area contributed by atoms with Crippen LogP contribution in [0.2, 0.25) is 0 Å². The van der Waals surface area contributed by atoms with Crippen molar-refractivity contribution in [3.63, 3.8) is 0 Å². The third-order valence-electron chi connectivity index (χ3n) is 6.47. The lowest BCUT2D eigenvalue weighted by atomic mass is 9.96. The van der Waals surface area contributed by atoms with Crippen LogP contribution in [0.3, 0.4) is 0 Å². The Hall–Kier alpha value is -2.14. The van der Waals surface area contributed by atoms with E-state index in [4.69, 9.17) is 10.1 Å². The van der Waals surface area contributed by atoms with Gasteiger partial charge in [0.15, 0.2) is 0 Å². The van der Waals surface area contributed by atoms with Crippen LogP contribution in [0.4, 0.5) is 0 Å². The minimum absolute atomic E-state index is 0.845. The summed E-state index contributed by atoms with van der Waals surface area (Å²) >= 11 is 0. The summed E-state index contributed by atoms with van der Waals surface area (Å²) in [5.41, 5.74) is 6.51. The van der Waals surface area contributed by atoms with Crippen LogP contribution in [0, 0.1) is 5.92 Å². The van der Waals surface area contributed by atoms with E-state index in [-0.39, 0.29) is 0 Å². The van der Waals surface area contributed by atoms with Crippen molar-refractivity contribution in [1.82, 2.24) is 24.6 Å². The quantitative estimate of drug-likeness (QED) is 0.743. The van der Waals surface area contributed by atoms with Crippen LogP contribution in [0.15, 0.2) is 24.3 Å². The maximum Gasteiger partial charge on any atom is 0.124 e. The fourth-order valence-corrected chi connectivity index (χ4v) is 5.00. The van der Waals surface area contributed by atoms with E-state index in [1.54, 1.807) is 0 Å². The minimum atomic E-state index is 0.845. The van der Waals surface area contributed by atoms with Gasteiger partial charge >= 0.3 is 0 Å². The lowest BCUT2D eigenvalue weighted by Gasteiger charge is -2.27. The SMILES string of the molecule is CCn1c(CN2CCc3[nH]nc(CC4CCCC4)c3C2)nc2ccccc21. The smallest absolute Gasteiger partial charge is 0.124 e. The number of fused-ring (bicyclic) bond motifs is 2. The molecular formula is C22H29N5. The number of aryl methyl sites for hydroxylation is 1. The van der Waals surface area contributed by atoms with Crippen LogP contribution in [-0.2, 0) is 32.5 Å². The monoisotopic (exact) mass is 363 g/mol. The highest BCUT2D eigenvalue weighted by Gasteiger charge is 2.25. The summed E-state index contributed by atoms with van der Waals surface area (Å²) in [6.07, 6.45) is 7.79. The molecule has 1 saturated carbocycles. The average molecular weight is 364 g/mol. The first kappa shape index (κ1) is 17.0. The predicted molar refractivity (Wildman–Crippen MR) is 107 cm³/mol. The summed E-state index contributed by atoms with van der Waals surface area (Å²) in [4.78, 5) is 7.47. The molecule has 0 bridgehead atoms. The number of benzene rings is 1. The molecular weight excluding hydrogens is 334 g/mol. The molecule has 0 spiro atoms. The number of rotatable bonds is 5. The van der Waals surface area contributed by atoms with Gasteiger partial charge in [-0.05, 0) is 31.4 Å². The normalized spacial score (nSPS) is 18.4. The van der Waals surface area contributed by atoms with Gasteiger partial charge in [0.2, 0.25) is 0 Å². The Morgan fingerprint density at radius 2 is 2.04 bits per heavy atom. The average Bonchev–Trinajstić information content (AvgIpc) is 3.41. The molecule has 2 aromatic heterocycles. The fraction of sp³-hybridized carbons (Fsp3) is 0.545. The molecule has 5 heteroatoms. The first-order valence-electron chi connectivity index (χ1n) is 10.5. The maximum atomic E-state index is 4.92. The maximum absolute atomic E-state index is 4.92. The van der Waals surface area contributed by atoms with E-state index in [1.165, 1.54) is 54.0 Å². The Balaban J connectivity index is 1.36. The van der Waals surface area contributed by atoms with Gasteiger partial charge in [-0.25, -0.2) is 4.98 Å². The van der Waals surface area contributed by atoms with E-state index in [0.717, 1.165) is 50.5 Å². The number of aromatic amines is 1. The van der Waals surface area contributed by atoms with Gasteiger partial charge in [0.25, 0.3) is 0 Å². The Labute approximate surface area is 160 Å². The molecule has 142 valence electrons. The molecule has 0 atom stereocenters. The number of aromatic nitrogens is 4. The number of nitrogens with one attached hydrogen (secondary N) is 1. The van der Waals surface area contributed by atoms with Gasteiger partial charge in [0.05, 0.1) is 23.3 Å². The highest BCUT2D eigenvalue weighted by molar-refractivity contribution is 5.75. The lowest BCUT2D eigenvalue weighted by molar-refractivity contribution is 0.235. The number of H-pyrrole nitrogens is 1. The minimum Gasteiger partial charge on any atom is -0.327 e. The highest BCUT2D eigenvalue weighted by atomic mass is 15.2. The van der Waals surface area contributed by atoms with Gasteiger partial charge in [0, 0.05) is 37.3 Å². The van der Waals surface area contributed by atoms with Crippen LogP contribution < -0.4 is 0 Å². The number of imidazole rings is 1. The van der Waals surface area contributed by atoms with E-state index in [9.17, 15) is 0 Å². The largest absolute Gasteiger partial charge is 0.327 e. The number of hydrogen-bond acceptors (Lipinski definition) is 3. The first-order valence-corrected chi connectivity index (χ1v) is 10.5. The lowest BCUT2D eigenvalue weighted by Crippen LogP contribution is -2.31. The van der Waals surface area contributed by atoms with Crippen LogP contribution in [-0.4, -0.2) is 31.2 Å². The van der Waals surface area contributed by atoms with Crippen LogP contribution in [0.25, 0.3) is 11.0 Å². The Morgan fingerprint density at radius 1 is 1.19 bits per heavy atom. The van der Waals surface area contributed by atoms with Crippen LogP contribution >= 0.6 is 0 Å². The van der Waals surface area contributed by atoms with Crippen molar-refractivity contribution in [1.29, 1.82) is 0 Å². The molecule has 0 amide bonds. The predicted octanol–water partition coefficient (Wildman–Crippen LogP) is 4.07. The van der Waals surface area contributed by atoms with Crippen molar-refractivity contribution in [2.45, 2.75) is 65.1 Å². The molecule has 0 saturated heterocycles. The van der Waals surface area contributed by atoms with E-state index >= 15 is 0 Å². The second-order valence-electron chi connectivity index (χ2n) is 8.20. The van der Waals surface area contributed by atoms with E-state index in [2.05, 4.69) is 45.8 Å². The summed E-state index contributed by atoms with van der Waals surface area (Å²) in [5, 5.41) is 8.03. The molecule has 5 rings (SSSR count). The third kappa shape index (κ3) is 3.18. The zero-order valence-corrected chi connectivity index (χ0v) is 16.2. The fourth-order valence-electron chi connectivity index (χ4n) is 5.00. The van der Waals surface area contributed by atoms with E-state index in [0.29, 0.717) is 0 Å². The molecule has 0 radical (unpaired) electrons. The van der Waals surface area contributed by atoms with Gasteiger partial charge in [0.1, 0.15) is 5.82 Å². The van der Waals surface area contributed by atoms with Crippen molar-refractivity contribution in [2.75, 3.05) is 6.54 Å². The molecule has 3 heterocycles. The highest BCUT2D eigenvalue weighted by Crippen LogP contribution is 2.30. The third-order valence-corrected chi connectivity index (χ3v) is 6.47. The topological polar surface area (TPSA) is 49.7 Å². The number of nitrogens with zero attached hydrogens (tertiary/aromatic N) is 4. The molecule has 1 fully saturated rings. The molecule has 3 aromatic rings. The number of para-hydroxylation sites is 2. The van der Waals surface area contributed by atoms with Crippen molar-refractivity contribution in [2.24, 2.45) is 5.92 Å². The summed E-state index contributed by atoms with van der Waals surface area (Å²) in [6.45, 7) is 6.16. The summed E-state index contributed by atoms with van der Waals surface area (Å²) < 4.78 is 2.36. The molecule has 1 aromatic carbocycles. The molecule has 1 aliphatic heterocycles. The molecule has 1 aliphatic carbocycles. The molecule has 2 aliphatic rings. The summed E-state index contributed by atoms with van der Waals surface area (Å²) in [7, 11) is 0. The van der Waals surface area contributed by atoms with Gasteiger partial charge in [-0.15, -0.1) is 0 Å². The second-order valence-corrected chi connectivity index (χ2v) is 8.20. The molecule has 27 heavy (non-hydrogen) atoms. The molecule has 0 unspecified atom stereocenters. The summed E-state index contributed by atoms with van der Waals surface area (Å²) in [6, 6.07) is 8.48. The zero-order valence-electron chi connectivity index (χ0n) is 16.2. The van der Waals surface area contributed by atoms with Gasteiger partial charge in [-0.2, -0.15) is 5.10 Å². The Kier molecular flexibility index (Phi) is 4.48. The van der Waals surface area contributed by atoms with Crippen molar-refractivity contribution < 1.29 is 0 Å². The van der Waals surface area contributed by atoms with Gasteiger partial charge in [-0.3, -0.25) is 10.00 Å². The van der Waals surface area contributed by atoms with Gasteiger partial charge < -0.3 is 4.57 Å². The van der Waals surface area contributed by atoms with E-state index < -0.39 is 0 Å². The molecule has 5 nitrogen and oxygen atoms in total. The van der Waals surface area contributed by atoms with Crippen LogP contribution in [0.1, 0.15) is 55.4 Å². The second kappa shape index (κ2) is 7.12. The number of hydrogen-bond donors (Lipinski definition) is 1. The van der Waals surface area contributed by atoms with Crippen LogP contribution in [0.5, 0.6) is 0 Å². The van der Waals surface area contributed by atoms with Gasteiger partial charge in [-0.1, -0.05) is 37.8 Å². The Morgan fingerprint density at radius 3 is 2.89 bits per heavy atom.